The van der Waals surface area contributed by atoms with E-state index < -0.39 is 29.2 Å². The number of hydrogen-bond acceptors (Lipinski definition) is 3. The number of para-hydroxylation sites is 1. The predicted octanol–water partition coefficient (Wildman–Crippen LogP) is 3.99. The summed E-state index contributed by atoms with van der Waals surface area (Å²) in [6.07, 6.45) is -4.56. The van der Waals surface area contributed by atoms with Crippen LogP contribution in [-0.4, -0.2) is 11.0 Å². The van der Waals surface area contributed by atoms with Crippen molar-refractivity contribution in [3.63, 3.8) is 0 Å². The second-order valence-electron chi connectivity index (χ2n) is 6.09. The zero-order valence-corrected chi connectivity index (χ0v) is 13.3. The van der Waals surface area contributed by atoms with Crippen LogP contribution in [0.4, 0.5) is 13.2 Å². The Morgan fingerprint density at radius 1 is 1.00 bits per heavy atom. The maximum atomic E-state index is 12.8. The van der Waals surface area contributed by atoms with E-state index >= 15 is 0 Å². The summed E-state index contributed by atoms with van der Waals surface area (Å²) in [7, 11) is 0. The van der Waals surface area contributed by atoms with Crippen LogP contribution in [0.2, 0.25) is 0 Å². The molecule has 7 heteroatoms. The molecule has 1 aliphatic rings. The number of aromatic nitrogens is 1. The molecule has 0 radical (unpaired) electrons. The molecule has 3 aromatic rings. The first kappa shape index (κ1) is 16.4. The molecule has 1 atom stereocenters. The summed E-state index contributed by atoms with van der Waals surface area (Å²) in [6.45, 7) is 0. The Labute approximate surface area is 145 Å². The second kappa shape index (κ2) is 5.72. The van der Waals surface area contributed by atoms with Gasteiger partial charge in [0.1, 0.15) is 5.75 Å². The number of rotatable bonds is 1. The number of ether oxygens (including phenoxy) is 1. The van der Waals surface area contributed by atoms with E-state index in [9.17, 15) is 22.8 Å². The van der Waals surface area contributed by atoms with Crippen LogP contribution >= 0.6 is 0 Å². The van der Waals surface area contributed by atoms with Crippen molar-refractivity contribution in [1.29, 1.82) is 0 Å². The van der Waals surface area contributed by atoms with Crippen LogP contribution < -0.4 is 10.3 Å². The zero-order chi connectivity index (χ0) is 18.5. The van der Waals surface area contributed by atoms with E-state index in [4.69, 9.17) is 4.74 Å². The van der Waals surface area contributed by atoms with Gasteiger partial charge in [-0.2, -0.15) is 13.2 Å². The second-order valence-corrected chi connectivity index (χ2v) is 6.09. The quantitative estimate of drug-likeness (QED) is 0.669. The molecule has 0 saturated carbocycles. The number of H-pyrrole nitrogens is 1. The van der Waals surface area contributed by atoms with E-state index in [-0.39, 0.29) is 17.7 Å². The molecule has 0 bridgehead atoms. The van der Waals surface area contributed by atoms with E-state index in [0.29, 0.717) is 16.5 Å². The number of alkyl halides is 3. The van der Waals surface area contributed by atoms with Gasteiger partial charge in [-0.05, 0) is 29.8 Å². The topological polar surface area (TPSA) is 59.2 Å². The van der Waals surface area contributed by atoms with Crippen LogP contribution in [-0.2, 0) is 11.0 Å². The van der Waals surface area contributed by atoms with Crippen LogP contribution in [0.25, 0.3) is 10.9 Å². The van der Waals surface area contributed by atoms with Gasteiger partial charge in [-0.25, -0.2) is 0 Å². The Morgan fingerprint density at radius 3 is 2.38 bits per heavy atom. The molecule has 132 valence electrons. The highest BCUT2D eigenvalue weighted by molar-refractivity contribution is 5.91. The summed E-state index contributed by atoms with van der Waals surface area (Å²) in [5.41, 5.74) is 0.0280. The molecular formula is C19H12F3NO3. The van der Waals surface area contributed by atoms with E-state index in [1.807, 2.05) is 0 Å². The number of carbonyl (C=O) groups is 1. The number of pyridine rings is 1. The van der Waals surface area contributed by atoms with Crippen molar-refractivity contribution >= 4 is 16.9 Å². The number of fused-ring (bicyclic) bond motifs is 3. The monoisotopic (exact) mass is 359 g/mol. The third-order valence-electron chi connectivity index (χ3n) is 4.48. The van der Waals surface area contributed by atoms with Crippen molar-refractivity contribution in [2.45, 2.75) is 18.5 Å². The fraction of sp³-hybridized carbons (Fsp3) is 0.158. The maximum absolute atomic E-state index is 12.8. The van der Waals surface area contributed by atoms with E-state index in [1.54, 1.807) is 24.3 Å². The van der Waals surface area contributed by atoms with Gasteiger partial charge in [-0.1, -0.05) is 24.3 Å². The van der Waals surface area contributed by atoms with E-state index in [0.717, 1.165) is 12.1 Å². The number of carbonyl (C=O) groups excluding carboxylic acids is 1. The molecule has 4 nitrogen and oxygen atoms in total. The minimum atomic E-state index is -4.45. The van der Waals surface area contributed by atoms with Crippen molar-refractivity contribution in [1.82, 2.24) is 4.98 Å². The summed E-state index contributed by atoms with van der Waals surface area (Å²) in [6, 6.07) is 11.4. The first-order valence-corrected chi connectivity index (χ1v) is 7.87. The van der Waals surface area contributed by atoms with Gasteiger partial charge in [0.05, 0.1) is 23.1 Å². The number of aromatic amines is 1. The Morgan fingerprint density at radius 2 is 1.69 bits per heavy atom. The fourth-order valence-electron chi connectivity index (χ4n) is 3.27. The lowest BCUT2D eigenvalue weighted by Gasteiger charge is -2.25. The Kier molecular flexibility index (Phi) is 3.61. The van der Waals surface area contributed by atoms with Gasteiger partial charge >= 0.3 is 12.1 Å². The zero-order valence-electron chi connectivity index (χ0n) is 13.3. The van der Waals surface area contributed by atoms with Gasteiger partial charge in [0.15, 0.2) is 0 Å². The number of halogens is 3. The molecule has 1 unspecified atom stereocenters. The molecule has 0 fully saturated rings. The van der Waals surface area contributed by atoms with E-state index in [1.165, 1.54) is 12.1 Å². The smallest absolute Gasteiger partial charge is 0.416 e. The maximum Gasteiger partial charge on any atom is 0.416 e. The lowest BCUT2D eigenvalue weighted by molar-refractivity contribution is -0.138. The number of benzene rings is 2. The first-order valence-electron chi connectivity index (χ1n) is 7.87. The lowest BCUT2D eigenvalue weighted by atomic mass is 9.86. The molecule has 0 saturated heterocycles. The largest absolute Gasteiger partial charge is 0.425 e. The van der Waals surface area contributed by atoms with Gasteiger partial charge in [-0.15, -0.1) is 0 Å². The third kappa shape index (κ3) is 2.65. The average Bonchev–Trinajstić information content (AvgIpc) is 2.60. The minimum absolute atomic E-state index is 0.111. The summed E-state index contributed by atoms with van der Waals surface area (Å²) < 4.78 is 43.6. The van der Waals surface area contributed by atoms with Crippen molar-refractivity contribution in [3.8, 4) is 5.75 Å². The summed E-state index contributed by atoms with van der Waals surface area (Å²) in [4.78, 5) is 27.4. The molecule has 26 heavy (non-hydrogen) atoms. The number of nitrogens with one attached hydrogen (secondary N) is 1. The fourth-order valence-corrected chi connectivity index (χ4v) is 3.27. The molecule has 0 spiro atoms. The lowest BCUT2D eigenvalue weighted by Crippen LogP contribution is -2.28. The SMILES string of the molecule is O=C1CC(c2ccc(C(F)(F)F)cc2)c2c(c3ccccc3[nH]c2=O)O1. The van der Waals surface area contributed by atoms with Crippen molar-refractivity contribution in [3.05, 3.63) is 75.6 Å². The van der Waals surface area contributed by atoms with Crippen LogP contribution in [0.3, 0.4) is 0 Å². The highest BCUT2D eigenvalue weighted by Gasteiger charge is 2.34. The normalized spacial score (nSPS) is 17.0. The molecule has 2 heterocycles. The molecule has 0 aliphatic carbocycles. The van der Waals surface area contributed by atoms with Crippen LogP contribution in [0.1, 0.15) is 29.0 Å². The number of esters is 1. The van der Waals surface area contributed by atoms with E-state index in [2.05, 4.69) is 4.98 Å². The van der Waals surface area contributed by atoms with Gasteiger partial charge in [-0.3, -0.25) is 9.59 Å². The Bertz CT molecular complexity index is 1070. The standard InChI is InChI=1S/C19H12F3NO3/c20-19(21,22)11-7-5-10(6-8-11)13-9-15(24)26-17-12-3-1-2-4-14(12)23-18(25)16(13)17/h1-8,13H,9H2,(H,23,25). The average molecular weight is 359 g/mol. The highest BCUT2D eigenvalue weighted by atomic mass is 19.4. The Hall–Kier alpha value is -3.09. The van der Waals surface area contributed by atoms with Gasteiger partial charge in [0.2, 0.25) is 0 Å². The molecule has 1 aromatic heterocycles. The molecule has 4 rings (SSSR count). The molecule has 1 N–H and O–H groups in total. The Balaban J connectivity index is 1.89. The summed E-state index contributed by atoms with van der Waals surface area (Å²) >= 11 is 0. The summed E-state index contributed by atoms with van der Waals surface area (Å²) in [5, 5.41) is 0.576. The van der Waals surface area contributed by atoms with Crippen molar-refractivity contribution < 1.29 is 22.7 Å². The molecule has 0 amide bonds. The molecule has 1 aliphatic heterocycles. The number of hydrogen-bond donors (Lipinski definition) is 1. The highest BCUT2D eigenvalue weighted by Crippen LogP contribution is 2.40. The van der Waals surface area contributed by atoms with Crippen LogP contribution in [0, 0.1) is 0 Å². The van der Waals surface area contributed by atoms with Gasteiger partial charge in [0.25, 0.3) is 5.56 Å². The van der Waals surface area contributed by atoms with Crippen LogP contribution in [0.15, 0.2) is 53.3 Å². The summed E-state index contributed by atoms with van der Waals surface area (Å²) in [5.74, 6) is -1.02. The van der Waals surface area contributed by atoms with Gasteiger partial charge < -0.3 is 9.72 Å². The third-order valence-corrected chi connectivity index (χ3v) is 4.48. The first-order chi connectivity index (χ1) is 12.3. The molecule has 2 aromatic carbocycles. The van der Waals surface area contributed by atoms with Crippen molar-refractivity contribution in [2.75, 3.05) is 0 Å². The van der Waals surface area contributed by atoms with Gasteiger partial charge in [0, 0.05) is 11.3 Å². The molecular weight excluding hydrogens is 347 g/mol. The van der Waals surface area contributed by atoms with Crippen LogP contribution in [0.5, 0.6) is 5.75 Å². The van der Waals surface area contributed by atoms with Crippen molar-refractivity contribution in [2.24, 2.45) is 0 Å². The predicted molar refractivity (Wildman–Crippen MR) is 88.1 cm³/mol. The minimum Gasteiger partial charge on any atom is -0.425 e.